The molecule has 3 aromatic carbocycles. The van der Waals surface area contributed by atoms with Crippen molar-refractivity contribution in [1.82, 2.24) is 4.90 Å². The highest BCUT2D eigenvalue weighted by molar-refractivity contribution is 9.10. The number of para-hydroxylation sites is 1. The number of hydrogen-bond donors (Lipinski definition) is 0. The maximum atomic E-state index is 13.5. The van der Waals surface area contributed by atoms with Gasteiger partial charge < -0.3 is 0 Å². The first kappa shape index (κ1) is 20.2. The Labute approximate surface area is 191 Å². The number of nitrogens with zero attached hydrogens (tertiary/aromatic N) is 3. The van der Waals surface area contributed by atoms with E-state index in [-0.39, 0.29) is 5.91 Å². The molecule has 0 aromatic heterocycles. The van der Waals surface area contributed by atoms with Crippen LogP contribution in [0.15, 0.2) is 70.1 Å². The molecule has 0 N–H and O–H groups in total. The van der Waals surface area contributed by atoms with Crippen LogP contribution in [-0.2, 0) is 17.8 Å². The number of anilines is 1. The molecule has 2 aliphatic heterocycles. The number of carbonyl (C=O) groups excluding carboxylic acids is 1. The van der Waals surface area contributed by atoms with Gasteiger partial charge in [0.2, 0.25) is 0 Å². The first-order valence-corrected chi connectivity index (χ1v) is 11.4. The van der Waals surface area contributed by atoms with Gasteiger partial charge in [-0.1, -0.05) is 58.4 Å². The van der Waals surface area contributed by atoms with E-state index in [0.717, 1.165) is 52.0 Å². The molecule has 0 radical (unpaired) electrons. The van der Waals surface area contributed by atoms with Gasteiger partial charge in [-0.25, -0.2) is 4.99 Å². The predicted molar refractivity (Wildman–Crippen MR) is 129 cm³/mol. The molecule has 5 heteroatoms. The van der Waals surface area contributed by atoms with E-state index in [4.69, 9.17) is 4.99 Å². The van der Waals surface area contributed by atoms with Crippen LogP contribution in [0.5, 0.6) is 0 Å². The van der Waals surface area contributed by atoms with Crippen LogP contribution in [0.4, 0.5) is 11.4 Å². The molecule has 0 saturated heterocycles. The van der Waals surface area contributed by atoms with Crippen LogP contribution in [0.2, 0.25) is 0 Å². The maximum Gasteiger partial charge on any atom is 0.278 e. The van der Waals surface area contributed by atoms with E-state index < -0.39 is 0 Å². The largest absolute Gasteiger partial charge is 0.293 e. The van der Waals surface area contributed by atoms with Gasteiger partial charge in [0.25, 0.3) is 5.91 Å². The van der Waals surface area contributed by atoms with Crippen molar-refractivity contribution in [2.75, 3.05) is 18.1 Å². The lowest BCUT2D eigenvalue weighted by Gasteiger charge is -2.32. The molecule has 0 fully saturated rings. The highest BCUT2D eigenvalue weighted by atomic mass is 79.9. The van der Waals surface area contributed by atoms with Crippen LogP contribution in [0, 0.1) is 13.8 Å². The summed E-state index contributed by atoms with van der Waals surface area (Å²) in [5.74, 6) is -0.0261. The van der Waals surface area contributed by atoms with Crippen LogP contribution in [-0.4, -0.2) is 29.7 Å². The van der Waals surface area contributed by atoms with Crippen molar-refractivity contribution >= 4 is 38.9 Å². The Bertz CT molecular complexity index is 1190. The van der Waals surface area contributed by atoms with E-state index in [0.29, 0.717) is 12.4 Å². The summed E-state index contributed by atoms with van der Waals surface area (Å²) >= 11 is 3.54. The van der Waals surface area contributed by atoms with Crippen molar-refractivity contribution in [2.24, 2.45) is 4.99 Å². The Morgan fingerprint density at radius 2 is 1.65 bits per heavy atom. The summed E-state index contributed by atoms with van der Waals surface area (Å²) < 4.78 is 1.02. The van der Waals surface area contributed by atoms with Gasteiger partial charge in [-0.15, -0.1) is 0 Å². The van der Waals surface area contributed by atoms with Crippen LogP contribution in [0.1, 0.15) is 27.8 Å². The fourth-order valence-electron chi connectivity index (χ4n) is 4.58. The molecule has 3 aromatic rings. The number of rotatable bonds is 3. The van der Waals surface area contributed by atoms with E-state index in [1.54, 1.807) is 0 Å². The Balaban J connectivity index is 1.48. The van der Waals surface area contributed by atoms with E-state index in [9.17, 15) is 4.79 Å². The third-order valence-electron chi connectivity index (χ3n) is 6.13. The summed E-state index contributed by atoms with van der Waals surface area (Å²) in [4.78, 5) is 22.6. The van der Waals surface area contributed by atoms with Gasteiger partial charge in [-0.05, 0) is 60.7 Å². The molecule has 2 heterocycles. The van der Waals surface area contributed by atoms with Crippen molar-refractivity contribution in [3.05, 3.63) is 93.0 Å². The van der Waals surface area contributed by atoms with Gasteiger partial charge in [-0.2, -0.15) is 0 Å². The topological polar surface area (TPSA) is 35.9 Å². The molecule has 0 aliphatic carbocycles. The SMILES string of the molecule is Cc1cc(Br)cc(C)c1N=C1C(=O)N(CN2CCc3ccccc3C2)c2ccccc21. The second kappa shape index (κ2) is 8.06. The average Bonchev–Trinajstić information content (AvgIpc) is 3.02. The molecule has 2 aliphatic rings. The lowest BCUT2D eigenvalue weighted by molar-refractivity contribution is -0.112. The Morgan fingerprint density at radius 1 is 0.968 bits per heavy atom. The summed E-state index contributed by atoms with van der Waals surface area (Å²) in [7, 11) is 0. The van der Waals surface area contributed by atoms with Gasteiger partial charge in [-0.3, -0.25) is 14.6 Å². The van der Waals surface area contributed by atoms with Gasteiger partial charge in [0.1, 0.15) is 5.71 Å². The maximum absolute atomic E-state index is 13.5. The molecule has 0 spiro atoms. The molecular weight excluding hydrogens is 450 g/mol. The Hall–Kier alpha value is -2.76. The number of halogens is 1. The van der Waals surface area contributed by atoms with Crippen molar-refractivity contribution in [2.45, 2.75) is 26.8 Å². The minimum atomic E-state index is -0.0261. The smallest absolute Gasteiger partial charge is 0.278 e. The van der Waals surface area contributed by atoms with Crippen molar-refractivity contribution < 1.29 is 4.79 Å². The van der Waals surface area contributed by atoms with E-state index in [2.05, 4.69) is 45.1 Å². The van der Waals surface area contributed by atoms with E-state index in [1.165, 1.54) is 11.1 Å². The number of aryl methyl sites for hydroxylation is 2. The second-order valence-corrected chi connectivity index (χ2v) is 9.23. The van der Waals surface area contributed by atoms with Crippen LogP contribution < -0.4 is 4.90 Å². The minimum Gasteiger partial charge on any atom is -0.293 e. The van der Waals surface area contributed by atoms with Crippen molar-refractivity contribution in [3.8, 4) is 0 Å². The first-order valence-electron chi connectivity index (χ1n) is 10.6. The molecular formula is C26H24BrN3O. The summed E-state index contributed by atoms with van der Waals surface area (Å²) in [5, 5.41) is 0. The quantitative estimate of drug-likeness (QED) is 0.499. The predicted octanol–water partition coefficient (Wildman–Crippen LogP) is 5.55. The van der Waals surface area contributed by atoms with Crippen LogP contribution in [0.25, 0.3) is 0 Å². The van der Waals surface area contributed by atoms with Crippen molar-refractivity contribution in [3.63, 3.8) is 0 Å². The lowest BCUT2D eigenvalue weighted by atomic mass is 10.0. The van der Waals surface area contributed by atoms with Gasteiger partial charge in [0, 0.05) is 23.1 Å². The first-order chi connectivity index (χ1) is 15.0. The van der Waals surface area contributed by atoms with Crippen LogP contribution in [0.3, 0.4) is 0 Å². The summed E-state index contributed by atoms with van der Waals surface area (Å²) in [6.45, 7) is 6.44. The fourth-order valence-corrected chi connectivity index (χ4v) is 5.26. The van der Waals surface area contributed by atoms with Crippen molar-refractivity contribution in [1.29, 1.82) is 0 Å². The standard InChI is InChI=1S/C26H24BrN3O/c1-17-13-21(27)14-18(2)24(17)28-25-22-9-5-6-10-23(22)30(26(25)31)16-29-12-11-19-7-3-4-8-20(19)15-29/h3-10,13-14H,11-12,15-16H2,1-2H3. The number of hydrogen-bond acceptors (Lipinski definition) is 3. The summed E-state index contributed by atoms with van der Waals surface area (Å²) in [5.41, 5.74) is 8.12. The highest BCUT2D eigenvalue weighted by Gasteiger charge is 2.35. The minimum absolute atomic E-state index is 0.0261. The molecule has 156 valence electrons. The number of aliphatic imine (C=N–C) groups is 1. The number of fused-ring (bicyclic) bond motifs is 2. The molecule has 4 nitrogen and oxygen atoms in total. The highest BCUT2D eigenvalue weighted by Crippen LogP contribution is 2.34. The number of benzene rings is 3. The molecule has 1 amide bonds. The third-order valence-corrected chi connectivity index (χ3v) is 6.59. The second-order valence-electron chi connectivity index (χ2n) is 8.31. The number of amides is 1. The Morgan fingerprint density at radius 3 is 2.42 bits per heavy atom. The molecule has 0 atom stereocenters. The lowest BCUT2D eigenvalue weighted by Crippen LogP contribution is -2.43. The average molecular weight is 474 g/mol. The monoisotopic (exact) mass is 473 g/mol. The summed E-state index contributed by atoms with van der Waals surface area (Å²) in [6, 6.07) is 20.7. The zero-order valence-corrected chi connectivity index (χ0v) is 19.3. The normalized spacial score (nSPS) is 17.2. The Kier molecular flexibility index (Phi) is 5.24. The summed E-state index contributed by atoms with van der Waals surface area (Å²) in [6.07, 6.45) is 1.01. The molecule has 31 heavy (non-hydrogen) atoms. The van der Waals surface area contributed by atoms with Gasteiger partial charge in [0.05, 0.1) is 18.0 Å². The zero-order chi connectivity index (χ0) is 21.5. The fraction of sp³-hybridized carbons (Fsp3) is 0.231. The molecule has 0 saturated carbocycles. The number of carbonyl (C=O) groups is 1. The van der Waals surface area contributed by atoms with Gasteiger partial charge >= 0.3 is 0 Å². The molecule has 0 unspecified atom stereocenters. The van der Waals surface area contributed by atoms with E-state index >= 15 is 0 Å². The van der Waals surface area contributed by atoms with E-state index in [1.807, 2.05) is 55.1 Å². The zero-order valence-electron chi connectivity index (χ0n) is 17.7. The molecule has 5 rings (SSSR count). The van der Waals surface area contributed by atoms with Crippen LogP contribution >= 0.6 is 15.9 Å². The molecule has 0 bridgehead atoms. The third kappa shape index (κ3) is 3.73. The van der Waals surface area contributed by atoms with Gasteiger partial charge in [0.15, 0.2) is 0 Å².